The molecule has 6 heteroatoms. The molecule has 1 aliphatic rings. The number of esters is 1. The Hall–Kier alpha value is -1.43. The average Bonchev–Trinajstić information content (AvgIpc) is 2.89. The van der Waals surface area contributed by atoms with Crippen LogP contribution in [0.25, 0.3) is 0 Å². The maximum atomic E-state index is 13.2. The molecule has 1 aliphatic heterocycles. The zero-order valence-corrected chi connectivity index (χ0v) is 11.9. The van der Waals surface area contributed by atoms with Gasteiger partial charge < -0.3 is 9.64 Å². The Bertz CT molecular complexity index is 521. The van der Waals surface area contributed by atoms with Gasteiger partial charge >= 0.3 is 5.97 Å². The van der Waals surface area contributed by atoms with E-state index in [1.54, 1.807) is 4.90 Å². The van der Waals surface area contributed by atoms with Crippen LogP contribution in [0.4, 0.5) is 4.39 Å². The number of likely N-dealkylation sites (tertiary alicyclic amines) is 1. The number of rotatable bonds is 2. The van der Waals surface area contributed by atoms with Crippen LogP contribution in [0, 0.1) is 11.7 Å². The summed E-state index contributed by atoms with van der Waals surface area (Å²) in [6, 6.07) is 3.97. The number of amides is 1. The molecule has 1 saturated heterocycles. The van der Waals surface area contributed by atoms with Crippen molar-refractivity contribution in [3.63, 3.8) is 0 Å². The smallest absolute Gasteiger partial charge is 0.310 e. The van der Waals surface area contributed by atoms with Crippen LogP contribution in [-0.2, 0) is 9.53 Å². The number of benzene rings is 1. The van der Waals surface area contributed by atoms with E-state index in [2.05, 4.69) is 20.7 Å². The number of ether oxygens (including phenoxy) is 1. The summed E-state index contributed by atoms with van der Waals surface area (Å²) in [7, 11) is 1.33. The fourth-order valence-electron chi connectivity index (χ4n) is 2.14. The van der Waals surface area contributed by atoms with Crippen molar-refractivity contribution < 1.29 is 18.7 Å². The zero-order valence-electron chi connectivity index (χ0n) is 10.4. The number of halogens is 2. The molecule has 1 unspecified atom stereocenters. The van der Waals surface area contributed by atoms with Crippen molar-refractivity contribution in [3.05, 3.63) is 34.1 Å². The zero-order chi connectivity index (χ0) is 14.0. The molecule has 19 heavy (non-hydrogen) atoms. The summed E-state index contributed by atoms with van der Waals surface area (Å²) in [6.45, 7) is 0.788. The monoisotopic (exact) mass is 329 g/mol. The first kappa shape index (κ1) is 14.0. The van der Waals surface area contributed by atoms with Crippen molar-refractivity contribution in [3.8, 4) is 0 Å². The number of hydrogen-bond donors (Lipinski definition) is 0. The van der Waals surface area contributed by atoms with Crippen LogP contribution in [-0.4, -0.2) is 37.0 Å². The first-order chi connectivity index (χ1) is 9.02. The van der Waals surface area contributed by atoms with Gasteiger partial charge in [0.05, 0.1) is 18.6 Å². The molecule has 1 aromatic rings. The molecule has 0 spiro atoms. The summed E-state index contributed by atoms with van der Waals surface area (Å²) < 4.78 is 18.4. The van der Waals surface area contributed by atoms with Gasteiger partial charge in [0.2, 0.25) is 0 Å². The highest BCUT2D eigenvalue weighted by Gasteiger charge is 2.32. The largest absolute Gasteiger partial charge is 0.469 e. The molecule has 0 radical (unpaired) electrons. The van der Waals surface area contributed by atoms with Crippen LogP contribution in [0.15, 0.2) is 22.7 Å². The van der Waals surface area contributed by atoms with Gasteiger partial charge in [0.15, 0.2) is 0 Å². The highest BCUT2D eigenvalue weighted by Crippen LogP contribution is 2.24. The number of carbonyl (C=O) groups excluding carboxylic acids is 2. The van der Waals surface area contributed by atoms with Gasteiger partial charge in [0.1, 0.15) is 5.82 Å². The van der Waals surface area contributed by atoms with E-state index >= 15 is 0 Å². The SMILES string of the molecule is COC(=O)C1CCN(C(=O)c2cc(F)ccc2Br)C1. The van der Waals surface area contributed by atoms with Crippen LogP contribution in [0.2, 0.25) is 0 Å². The topological polar surface area (TPSA) is 46.6 Å². The van der Waals surface area contributed by atoms with Crippen LogP contribution in [0.3, 0.4) is 0 Å². The fraction of sp³-hybridized carbons (Fsp3) is 0.385. The Labute approximate surface area is 118 Å². The summed E-state index contributed by atoms with van der Waals surface area (Å²) in [5.41, 5.74) is 0.269. The van der Waals surface area contributed by atoms with E-state index in [9.17, 15) is 14.0 Å². The third-order valence-corrected chi connectivity index (χ3v) is 3.86. The lowest BCUT2D eigenvalue weighted by molar-refractivity contribution is -0.144. The van der Waals surface area contributed by atoms with Crippen molar-refractivity contribution in [1.29, 1.82) is 0 Å². The van der Waals surface area contributed by atoms with Crippen molar-refractivity contribution in [2.45, 2.75) is 6.42 Å². The number of nitrogens with zero attached hydrogens (tertiary/aromatic N) is 1. The highest BCUT2D eigenvalue weighted by atomic mass is 79.9. The normalized spacial score (nSPS) is 18.5. The lowest BCUT2D eigenvalue weighted by atomic mass is 10.1. The molecule has 0 aliphatic carbocycles. The van der Waals surface area contributed by atoms with Crippen LogP contribution < -0.4 is 0 Å². The molecule has 0 saturated carbocycles. The Balaban J connectivity index is 2.13. The van der Waals surface area contributed by atoms with Gasteiger partial charge in [-0.2, -0.15) is 0 Å². The number of carbonyl (C=O) groups is 2. The van der Waals surface area contributed by atoms with Crippen LogP contribution in [0.5, 0.6) is 0 Å². The van der Waals surface area contributed by atoms with Gasteiger partial charge in [0.25, 0.3) is 5.91 Å². The first-order valence-electron chi connectivity index (χ1n) is 5.85. The quantitative estimate of drug-likeness (QED) is 0.781. The number of hydrogen-bond acceptors (Lipinski definition) is 3. The third kappa shape index (κ3) is 2.94. The molecule has 0 aromatic heterocycles. The Morgan fingerprint density at radius 1 is 1.47 bits per heavy atom. The van der Waals surface area contributed by atoms with Gasteiger partial charge in [-0.1, -0.05) is 0 Å². The maximum absolute atomic E-state index is 13.2. The van der Waals surface area contributed by atoms with Crippen molar-refractivity contribution in [2.75, 3.05) is 20.2 Å². The van der Waals surface area contributed by atoms with E-state index in [4.69, 9.17) is 0 Å². The van der Waals surface area contributed by atoms with Gasteiger partial charge in [0, 0.05) is 17.6 Å². The second kappa shape index (κ2) is 5.69. The highest BCUT2D eigenvalue weighted by molar-refractivity contribution is 9.10. The summed E-state index contributed by atoms with van der Waals surface area (Å²) in [4.78, 5) is 25.2. The van der Waals surface area contributed by atoms with Gasteiger partial charge in [-0.05, 0) is 40.5 Å². The summed E-state index contributed by atoms with van der Waals surface area (Å²) in [5.74, 6) is -1.34. The summed E-state index contributed by atoms with van der Waals surface area (Å²) in [5, 5.41) is 0. The third-order valence-electron chi connectivity index (χ3n) is 3.17. The van der Waals surface area contributed by atoms with E-state index in [0.29, 0.717) is 24.0 Å². The molecule has 0 bridgehead atoms. The number of methoxy groups -OCH3 is 1. The van der Waals surface area contributed by atoms with Crippen LogP contribution in [0.1, 0.15) is 16.8 Å². The maximum Gasteiger partial charge on any atom is 0.310 e. The van der Waals surface area contributed by atoms with E-state index in [1.165, 1.54) is 25.3 Å². The molecule has 2 rings (SSSR count). The minimum atomic E-state index is -0.463. The van der Waals surface area contributed by atoms with Gasteiger partial charge in [-0.15, -0.1) is 0 Å². The fourth-order valence-corrected chi connectivity index (χ4v) is 2.55. The lowest BCUT2D eigenvalue weighted by Gasteiger charge is -2.17. The van der Waals surface area contributed by atoms with Crippen LogP contribution >= 0.6 is 15.9 Å². The molecule has 1 atom stereocenters. The van der Waals surface area contributed by atoms with Gasteiger partial charge in [-0.3, -0.25) is 9.59 Å². The van der Waals surface area contributed by atoms with Gasteiger partial charge in [-0.25, -0.2) is 4.39 Å². The molecular formula is C13H13BrFNO3. The molecule has 4 nitrogen and oxygen atoms in total. The molecule has 102 valence electrons. The molecule has 1 fully saturated rings. The second-order valence-electron chi connectivity index (χ2n) is 4.38. The Morgan fingerprint density at radius 2 is 2.21 bits per heavy atom. The van der Waals surface area contributed by atoms with E-state index in [0.717, 1.165) is 0 Å². The summed E-state index contributed by atoms with van der Waals surface area (Å²) in [6.07, 6.45) is 0.575. The van der Waals surface area contributed by atoms with Crippen molar-refractivity contribution in [1.82, 2.24) is 4.90 Å². The Kier molecular flexibility index (Phi) is 4.19. The molecule has 0 N–H and O–H groups in total. The molecule has 1 heterocycles. The predicted molar refractivity (Wildman–Crippen MR) is 70.1 cm³/mol. The van der Waals surface area contributed by atoms with Crippen molar-refractivity contribution >= 4 is 27.8 Å². The standard InChI is InChI=1S/C13H13BrFNO3/c1-19-13(18)8-4-5-16(7-8)12(17)10-6-9(15)2-3-11(10)14/h2-3,6,8H,4-5,7H2,1H3. The second-order valence-corrected chi connectivity index (χ2v) is 5.24. The minimum absolute atomic E-state index is 0.269. The average molecular weight is 330 g/mol. The van der Waals surface area contributed by atoms with E-state index in [-0.39, 0.29) is 23.4 Å². The van der Waals surface area contributed by atoms with E-state index in [1.807, 2.05) is 0 Å². The molecule has 1 aromatic carbocycles. The van der Waals surface area contributed by atoms with E-state index < -0.39 is 5.82 Å². The molecule has 1 amide bonds. The lowest BCUT2D eigenvalue weighted by Crippen LogP contribution is -2.30. The first-order valence-corrected chi connectivity index (χ1v) is 6.64. The summed E-state index contributed by atoms with van der Waals surface area (Å²) >= 11 is 3.23. The van der Waals surface area contributed by atoms with Crippen molar-refractivity contribution in [2.24, 2.45) is 5.92 Å². The molecular weight excluding hydrogens is 317 g/mol. The predicted octanol–water partition coefficient (Wildman–Crippen LogP) is 2.22. The Morgan fingerprint density at radius 3 is 2.89 bits per heavy atom. The minimum Gasteiger partial charge on any atom is -0.469 e.